The van der Waals surface area contributed by atoms with Gasteiger partial charge in [0.25, 0.3) is 15.7 Å². The number of ketones is 2. The number of carbonyl (C=O) groups excluding carboxylic acids is 3. The first-order valence-corrected chi connectivity index (χ1v) is 9.86. The van der Waals surface area contributed by atoms with Gasteiger partial charge in [-0.15, -0.1) is 0 Å². The number of Topliss-reactive ketones (excluding diaryl/α,β-unsaturated/α-hetero) is 1. The van der Waals surface area contributed by atoms with Gasteiger partial charge in [-0.05, 0) is 29.7 Å². The fourth-order valence-corrected chi connectivity index (χ4v) is 3.50. The van der Waals surface area contributed by atoms with Crippen LogP contribution >= 0.6 is 11.6 Å². The average Bonchev–Trinajstić information content (AvgIpc) is 2.56. The molecule has 0 unspecified atom stereocenters. The zero-order chi connectivity index (χ0) is 22.4. The molecule has 0 radical (unpaired) electrons. The van der Waals surface area contributed by atoms with Crippen LogP contribution in [0.3, 0.4) is 0 Å². The van der Waals surface area contributed by atoms with Gasteiger partial charge in [-0.3, -0.25) is 14.4 Å². The van der Waals surface area contributed by atoms with Crippen molar-refractivity contribution in [2.24, 2.45) is 5.41 Å². The van der Waals surface area contributed by atoms with Crippen molar-refractivity contribution in [1.29, 1.82) is 0 Å². The summed E-state index contributed by atoms with van der Waals surface area (Å²) in [5, 5.41) is 1.71. The first-order valence-electron chi connectivity index (χ1n) is 8.00. The minimum atomic E-state index is -5.62. The molecule has 0 saturated heterocycles. The Morgan fingerprint density at radius 3 is 2.14 bits per heavy atom. The summed E-state index contributed by atoms with van der Waals surface area (Å²) in [6.45, 7) is 5.05. The summed E-state index contributed by atoms with van der Waals surface area (Å²) < 4.78 is 60.8. The van der Waals surface area contributed by atoms with Gasteiger partial charge in [0.15, 0.2) is 11.6 Å². The molecule has 0 aliphatic heterocycles. The molecule has 0 aromatic heterocycles. The zero-order valence-corrected chi connectivity index (χ0v) is 16.9. The Hall–Kier alpha value is -2.46. The molecule has 1 aliphatic rings. The summed E-state index contributed by atoms with van der Waals surface area (Å²) in [6.07, 6.45) is 1.96. The van der Waals surface area contributed by atoms with Gasteiger partial charge in [-0.25, -0.2) is 8.42 Å². The number of amides is 1. The van der Waals surface area contributed by atoms with E-state index in [2.05, 4.69) is 5.32 Å². The van der Waals surface area contributed by atoms with Crippen LogP contribution in [0, 0.1) is 5.41 Å². The van der Waals surface area contributed by atoms with E-state index in [0.717, 1.165) is 18.2 Å². The van der Waals surface area contributed by atoms with Crippen LogP contribution in [0.4, 0.5) is 18.9 Å². The molecule has 11 heteroatoms. The van der Waals surface area contributed by atoms with Crippen molar-refractivity contribution in [3.63, 3.8) is 0 Å². The summed E-state index contributed by atoms with van der Waals surface area (Å²) in [4.78, 5) is 35.8. The monoisotopic (exact) mass is 449 g/mol. The van der Waals surface area contributed by atoms with Crippen LogP contribution in [0.25, 0.3) is 0 Å². The van der Waals surface area contributed by atoms with Gasteiger partial charge >= 0.3 is 5.51 Å². The number of sulfone groups is 1. The van der Waals surface area contributed by atoms with Crippen LogP contribution < -0.4 is 5.32 Å². The molecule has 0 bridgehead atoms. The molecule has 1 aromatic carbocycles. The lowest BCUT2D eigenvalue weighted by atomic mass is 9.78. The number of hydrogen-bond donors (Lipinski definition) is 1. The number of allylic oxidation sites excluding steroid dienone is 3. The maximum Gasteiger partial charge on any atom is 0.501 e. The van der Waals surface area contributed by atoms with Crippen LogP contribution in [-0.4, -0.2) is 31.4 Å². The highest BCUT2D eigenvalue weighted by atomic mass is 35.5. The molecule has 1 aliphatic carbocycles. The average molecular weight is 450 g/mol. The Kier molecular flexibility index (Phi) is 5.84. The van der Waals surface area contributed by atoms with Gasteiger partial charge in [0.05, 0.1) is 21.2 Å². The number of nitrogens with one attached hydrogen (secondary N) is 1. The number of hydrogen-bond acceptors (Lipinski definition) is 5. The first-order chi connectivity index (χ1) is 13.1. The molecule has 1 amide bonds. The first kappa shape index (κ1) is 22.8. The van der Waals surface area contributed by atoms with Crippen molar-refractivity contribution in [2.45, 2.75) is 31.2 Å². The molecule has 1 aromatic rings. The standard InChI is InChI=1S/C18H15ClF3NO5S/c1-17(2,3)12-7-9(24)6-11(15(12)25)16(26)23-14-5-4-10(8-13(14)19)29(27,28)18(20,21)22/h4-8H,1-3H3,(H,23,26). The summed E-state index contributed by atoms with van der Waals surface area (Å²) in [5.41, 5.74) is -6.81. The van der Waals surface area contributed by atoms with Crippen LogP contribution in [0.2, 0.25) is 5.02 Å². The van der Waals surface area contributed by atoms with E-state index in [9.17, 15) is 36.0 Å². The highest BCUT2D eigenvalue weighted by molar-refractivity contribution is 7.92. The predicted octanol–water partition coefficient (Wildman–Crippen LogP) is 3.62. The summed E-state index contributed by atoms with van der Waals surface area (Å²) in [7, 11) is -5.62. The molecule has 2 rings (SSSR count). The second-order valence-corrected chi connectivity index (χ2v) is 9.49. The highest BCUT2D eigenvalue weighted by Crippen LogP contribution is 2.34. The zero-order valence-electron chi connectivity index (χ0n) is 15.3. The minimum absolute atomic E-state index is 0.118. The Bertz CT molecular complexity index is 1080. The molecule has 29 heavy (non-hydrogen) atoms. The molecular formula is C18H15ClF3NO5S. The maximum atomic E-state index is 12.6. The van der Waals surface area contributed by atoms with Gasteiger partial charge in [0.1, 0.15) is 0 Å². The topological polar surface area (TPSA) is 97.4 Å². The molecule has 6 nitrogen and oxygen atoms in total. The van der Waals surface area contributed by atoms with Crippen molar-refractivity contribution in [3.8, 4) is 0 Å². The molecule has 156 valence electrons. The largest absolute Gasteiger partial charge is 0.501 e. The quantitative estimate of drug-likeness (QED) is 0.561. The summed E-state index contributed by atoms with van der Waals surface area (Å²) >= 11 is 5.81. The van der Waals surface area contributed by atoms with Crippen molar-refractivity contribution in [3.05, 3.63) is 46.5 Å². The normalized spacial score (nSPS) is 15.7. The Balaban J connectivity index is 2.33. The van der Waals surface area contributed by atoms with Crippen molar-refractivity contribution in [1.82, 2.24) is 0 Å². The van der Waals surface area contributed by atoms with Crippen LogP contribution in [0.15, 0.2) is 46.4 Å². The third kappa shape index (κ3) is 4.59. The van der Waals surface area contributed by atoms with E-state index in [4.69, 9.17) is 11.6 Å². The molecule has 0 saturated carbocycles. The van der Waals surface area contributed by atoms with E-state index in [1.165, 1.54) is 0 Å². The number of carbonyl (C=O) groups is 3. The van der Waals surface area contributed by atoms with E-state index in [0.29, 0.717) is 12.1 Å². The van der Waals surface area contributed by atoms with Crippen LogP contribution in [-0.2, 0) is 24.2 Å². The summed E-state index contributed by atoms with van der Waals surface area (Å²) in [5.74, 6) is -2.26. The van der Waals surface area contributed by atoms with Gasteiger partial charge in [-0.2, -0.15) is 13.2 Å². The summed E-state index contributed by atoms with van der Waals surface area (Å²) in [6, 6.07) is 2.00. The van der Waals surface area contributed by atoms with Crippen LogP contribution in [0.5, 0.6) is 0 Å². The van der Waals surface area contributed by atoms with Crippen LogP contribution in [0.1, 0.15) is 20.8 Å². The Morgan fingerprint density at radius 1 is 1.07 bits per heavy atom. The lowest BCUT2D eigenvalue weighted by Gasteiger charge is -2.24. The number of rotatable bonds is 3. The molecule has 0 fully saturated rings. The Labute approximate surface area is 169 Å². The number of anilines is 1. The molecule has 0 spiro atoms. The van der Waals surface area contributed by atoms with E-state index in [-0.39, 0.29) is 11.3 Å². The van der Waals surface area contributed by atoms with E-state index < -0.39 is 53.7 Å². The van der Waals surface area contributed by atoms with Crippen molar-refractivity contribution >= 4 is 44.6 Å². The second-order valence-electron chi connectivity index (χ2n) is 7.14. The molecule has 0 atom stereocenters. The fraction of sp³-hybridized carbons (Fsp3) is 0.278. The maximum absolute atomic E-state index is 12.6. The minimum Gasteiger partial charge on any atom is -0.321 e. The second kappa shape index (κ2) is 7.42. The molecule has 1 N–H and O–H groups in total. The van der Waals surface area contributed by atoms with E-state index in [1.807, 2.05) is 0 Å². The predicted molar refractivity (Wildman–Crippen MR) is 99.0 cm³/mol. The highest BCUT2D eigenvalue weighted by Gasteiger charge is 2.47. The van der Waals surface area contributed by atoms with Gasteiger partial charge in [-0.1, -0.05) is 32.4 Å². The number of alkyl halides is 3. The van der Waals surface area contributed by atoms with Crippen molar-refractivity contribution in [2.75, 3.05) is 5.32 Å². The SMILES string of the molecule is CC(C)(C)C1=CC(=O)C=C(C(=O)Nc2ccc(S(=O)(=O)C(F)(F)F)cc2Cl)C1=O. The molecular weight excluding hydrogens is 435 g/mol. The van der Waals surface area contributed by atoms with E-state index >= 15 is 0 Å². The van der Waals surface area contributed by atoms with E-state index in [1.54, 1.807) is 20.8 Å². The number of halogens is 4. The van der Waals surface area contributed by atoms with Gasteiger partial charge in [0, 0.05) is 11.6 Å². The fourth-order valence-electron chi connectivity index (χ4n) is 2.42. The third-order valence-corrected chi connectivity index (χ3v) is 5.72. The lowest BCUT2D eigenvalue weighted by Crippen LogP contribution is -2.30. The van der Waals surface area contributed by atoms with Gasteiger partial charge in [0.2, 0.25) is 0 Å². The lowest BCUT2D eigenvalue weighted by molar-refractivity contribution is -0.120. The van der Waals surface area contributed by atoms with Gasteiger partial charge < -0.3 is 5.32 Å². The van der Waals surface area contributed by atoms with Crippen molar-refractivity contribution < 1.29 is 36.0 Å². The number of benzene rings is 1. The third-order valence-electron chi connectivity index (χ3n) is 3.92. The smallest absolute Gasteiger partial charge is 0.321 e. The molecule has 0 heterocycles. The Morgan fingerprint density at radius 2 is 1.66 bits per heavy atom.